The second-order valence-electron chi connectivity index (χ2n) is 6.62. The molecule has 1 aromatic rings. The first kappa shape index (κ1) is 17.2. The van der Waals surface area contributed by atoms with E-state index in [-0.39, 0.29) is 23.8 Å². The van der Waals surface area contributed by atoms with Crippen LogP contribution in [-0.2, 0) is 20.7 Å². The van der Waals surface area contributed by atoms with E-state index in [0.717, 1.165) is 18.4 Å². The van der Waals surface area contributed by atoms with Crippen molar-refractivity contribution >= 4 is 23.4 Å². The molecule has 0 saturated carbocycles. The number of benzene rings is 1. The van der Waals surface area contributed by atoms with Gasteiger partial charge < -0.3 is 15.4 Å². The van der Waals surface area contributed by atoms with E-state index >= 15 is 0 Å². The van der Waals surface area contributed by atoms with Crippen LogP contribution >= 0.6 is 11.6 Å². The summed E-state index contributed by atoms with van der Waals surface area (Å²) in [5, 5.41) is 0.629. The van der Waals surface area contributed by atoms with E-state index in [1.54, 1.807) is 6.07 Å². The van der Waals surface area contributed by atoms with Crippen LogP contribution in [0.2, 0.25) is 5.02 Å². The Balaban J connectivity index is 1.54. The fourth-order valence-electron chi connectivity index (χ4n) is 3.77. The van der Waals surface area contributed by atoms with Crippen LogP contribution in [0.3, 0.4) is 0 Å². The largest absolute Gasteiger partial charge is 0.377 e. The van der Waals surface area contributed by atoms with E-state index in [0.29, 0.717) is 43.5 Å². The number of amides is 2. The molecule has 2 aliphatic heterocycles. The summed E-state index contributed by atoms with van der Waals surface area (Å²) in [6, 6.07) is 7.44. The number of carbonyl (C=O) groups excluding carboxylic acids is 2. The molecule has 2 atom stereocenters. The van der Waals surface area contributed by atoms with Crippen molar-refractivity contribution in [3.63, 3.8) is 0 Å². The Labute approximate surface area is 147 Å². The number of hydrogen-bond acceptors (Lipinski definition) is 3. The zero-order valence-electron chi connectivity index (χ0n) is 13.6. The number of primary amides is 1. The van der Waals surface area contributed by atoms with Gasteiger partial charge in [-0.15, -0.1) is 0 Å². The van der Waals surface area contributed by atoms with Gasteiger partial charge in [0.2, 0.25) is 11.8 Å². The smallest absolute Gasteiger partial charge is 0.227 e. The Hall–Kier alpha value is -1.59. The Morgan fingerprint density at radius 3 is 2.58 bits per heavy atom. The maximum atomic E-state index is 12.5. The molecule has 0 unspecified atom stereocenters. The molecule has 0 bridgehead atoms. The second-order valence-corrected chi connectivity index (χ2v) is 7.03. The van der Waals surface area contributed by atoms with Crippen LogP contribution in [0.4, 0.5) is 0 Å². The Bertz CT molecular complexity index is 614. The van der Waals surface area contributed by atoms with Crippen LogP contribution in [0, 0.1) is 11.8 Å². The van der Waals surface area contributed by atoms with E-state index in [1.165, 1.54) is 0 Å². The van der Waals surface area contributed by atoms with Gasteiger partial charge in [0.05, 0.1) is 18.4 Å². The number of carbonyl (C=O) groups is 2. The van der Waals surface area contributed by atoms with Crippen LogP contribution in [0.15, 0.2) is 24.3 Å². The summed E-state index contributed by atoms with van der Waals surface area (Å²) in [7, 11) is 0. The number of halogens is 1. The quantitative estimate of drug-likeness (QED) is 0.902. The average molecular weight is 351 g/mol. The zero-order chi connectivity index (χ0) is 17.1. The van der Waals surface area contributed by atoms with Gasteiger partial charge in [0.1, 0.15) is 0 Å². The highest BCUT2D eigenvalue weighted by Crippen LogP contribution is 2.33. The molecule has 2 amide bonds. The Kier molecular flexibility index (Phi) is 5.41. The molecular formula is C18H23ClN2O3. The van der Waals surface area contributed by atoms with E-state index < -0.39 is 0 Å². The van der Waals surface area contributed by atoms with Crippen LogP contribution in [0.25, 0.3) is 0 Å². The Morgan fingerprint density at radius 2 is 1.92 bits per heavy atom. The average Bonchev–Trinajstić information content (AvgIpc) is 3.07. The standard InChI is InChI=1S/C18H23ClN2O3/c19-15-4-2-1-3-13(15)11-16(22)21-8-5-12(6-9-21)17-14(18(20)23)7-10-24-17/h1-4,12,14,17H,5-11H2,(H2,20,23)/t14-,17+/m0/s1. The summed E-state index contributed by atoms with van der Waals surface area (Å²) >= 11 is 6.13. The van der Waals surface area contributed by atoms with Crippen molar-refractivity contribution in [2.75, 3.05) is 19.7 Å². The van der Waals surface area contributed by atoms with Gasteiger partial charge in [0.25, 0.3) is 0 Å². The van der Waals surface area contributed by atoms with Crippen LogP contribution in [-0.4, -0.2) is 42.5 Å². The van der Waals surface area contributed by atoms with Gasteiger partial charge in [-0.25, -0.2) is 0 Å². The minimum absolute atomic E-state index is 0.0803. The van der Waals surface area contributed by atoms with Crippen molar-refractivity contribution < 1.29 is 14.3 Å². The summed E-state index contributed by atoms with van der Waals surface area (Å²) < 4.78 is 5.75. The predicted octanol–water partition coefficient (Wildman–Crippen LogP) is 2.01. The summed E-state index contributed by atoms with van der Waals surface area (Å²) in [6.45, 7) is 1.99. The molecular weight excluding hydrogens is 328 g/mol. The predicted molar refractivity (Wildman–Crippen MR) is 91.5 cm³/mol. The van der Waals surface area contributed by atoms with Gasteiger partial charge in [-0.2, -0.15) is 0 Å². The highest BCUT2D eigenvalue weighted by Gasteiger charge is 2.39. The maximum absolute atomic E-state index is 12.5. The third-order valence-corrected chi connectivity index (χ3v) is 5.53. The van der Waals surface area contributed by atoms with Crippen molar-refractivity contribution in [2.24, 2.45) is 17.6 Å². The van der Waals surface area contributed by atoms with Crippen molar-refractivity contribution in [3.8, 4) is 0 Å². The first-order chi connectivity index (χ1) is 11.6. The van der Waals surface area contributed by atoms with Crippen LogP contribution in [0.5, 0.6) is 0 Å². The van der Waals surface area contributed by atoms with Gasteiger partial charge >= 0.3 is 0 Å². The summed E-state index contributed by atoms with van der Waals surface area (Å²) in [6.07, 6.45) is 2.66. The molecule has 3 rings (SSSR count). The number of piperidine rings is 1. The molecule has 1 aromatic carbocycles. The number of rotatable bonds is 4. The van der Waals surface area contributed by atoms with Crippen LogP contribution < -0.4 is 5.73 Å². The van der Waals surface area contributed by atoms with Crippen molar-refractivity contribution in [1.82, 2.24) is 4.90 Å². The minimum atomic E-state index is -0.269. The molecule has 130 valence electrons. The van der Waals surface area contributed by atoms with E-state index in [2.05, 4.69) is 0 Å². The molecule has 2 N–H and O–H groups in total. The number of ether oxygens (including phenoxy) is 1. The van der Waals surface area contributed by atoms with Gasteiger partial charge in [0.15, 0.2) is 0 Å². The normalized spacial score (nSPS) is 25.0. The van der Waals surface area contributed by atoms with Crippen molar-refractivity contribution in [3.05, 3.63) is 34.9 Å². The molecule has 5 nitrogen and oxygen atoms in total. The summed E-state index contributed by atoms with van der Waals surface area (Å²) in [5.41, 5.74) is 6.33. The topological polar surface area (TPSA) is 72.6 Å². The molecule has 2 fully saturated rings. The lowest BCUT2D eigenvalue weighted by Gasteiger charge is -2.35. The van der Waals surface area contributed by atoms with Gasteiger partial charge in [-0.3, -0.25) is 9.59 Å². The summed E-state index contributed by atoms with van der Waals surface area (Å²) in [4.78, 5) is 25.9. The van der Waals surface area contributed by atoms with Gasteiger partial charge in [-0.1, -0.05) is 29.8 Å². The molecule has 0 aromatic heterocycles. The minimum Gasteiger partial charge on any atom is -0.377 e. The lowest BCUT2D eigenvalue weighted by atomic mass is 9.84. The first-order valence-corrected chi connectivity index (χ1v) is 8.86. The fraction of sp³-hybridized carbons (Fsp3) is 0.556. The van der Waals surface area contributed by atoms with Crippen molar-refractivity contribution in [1.29, 1.82) is 0 Å². The van der Waals surface area contributed by atoms with E-state index in [9.17, 15) is 9.59 Å². The molecule has 2 aliphatic rings. The molecule has 24 heavy (non-hydrogen) atoms. The molecule has 6 heteroatoms. The first-order valence-electron chi connectivity index (χ1n) is 8.48. The van der Waals surface area contributed by atoms with E-state index in [1.807, 2.05) is 23.1 Å². The molecule has 2 saturated heterocycles. The summed E-state index contributed by atoms with van der Waals surface area (Å²) in [5.74, 6) is -0.0511. The lowest BCUT2D eigenvalue weighted by molar-refractivity contribution is -0.133. The van der Waals surface area contributed by atoms with Crippen molar-refractivity contribution in [2.45, 2.75) is 31.8 Å². The monoisotopic (exact) mass is 350 g/mol. The molecule has 2 heterocycles. The number of nitrogens with two attached hydrogens (primary N) is 1. The second kappa shape index (κ2) is 7.53. The third kappa shape index (κ3) is 3.73. The SMILES string of the molecule is NC(=O)[C@H]1CCO[C@@H]1C1CCN(C(=O)Cc2ccccc2Cl)CC1. The molecule has 0 radical (unpaired) electrons. The third-order valence-electron chi connectivity index (χ3n) is 5.16. The Morgan fingerprint density at radius 1 is 1.21 bits per heavy atom. The number of nitrogens with zero attached hydrogens (tertiary/aromatic N) is 1. The number of likely N-dealkylation sites (tertiary alicyclic amines) is 1. The number of hydrogen-bond donors (Lipinski definition) is 1. The highest BCUT2D eigenvalue weighted by atomic mass is 35.5. The van der Waals surface area contributed by atoms with Gasteiger partial charge in [0, 0.05) is 24.7 Å². The molecule has 0 aliphatic carbocycles. The zero-order valence-corrected chi connectivity index (χ0v) is 14.4. The maximum Gasteiger partial charge on any atom is 0.227 e. The highest BCUT2D eigenvalue weighted by molar-refractivity contribution is 6.31. The van der Waals surface area contributed by atoms with Gasteiger partial charge in [-0.05, 0) is 36.8 Å². The lowest BCUT2D eigenvalue weighted by Crippen LogP contribution is -2.44. The van der Waals surface area contributed by atoms with E-state index in [4.69, 9.17) is 22.1 Å². The fourth-order valence-corrected chi connectivity index (χ4v) is 3.98. The molecule has 0 spiro atoms. The van der Waals surface area contributed by atoms with Crippen LogP contribution in [0.1, 0.15) is 24.8 Å².